The molecule has 1 nitrogen and oxygen atoms in total. The Kier molecular flexibility index (Phi) is 4.68. The number of benzene rings is 2. The molecule has 1 N–H and O–H groups in total. The lowest BCUT2D eigenvalue weighted by atomic mass is 9.99. The van der Waals surface area contributed by atoms with Crippen LogP contribution in [0.3, 0.4) is 0 Å². The van der Waals surface area contributed by atoms with Crippen molar-refractivity contribution < 1.29 is 13.2 Å². The van der Waals surface area contributed by atoms with E-state index in [9.17, 15) is 13.2 Å². The van der Waals surface area contributed by atoms with Gasteiger partial charge >= 0.3 is 0 Å². The minimum Gasteiger partial charge on any atom is -0.313 e. The van der Waals surface area contributed by atoms with Crippen LogP contribution in [0, 0.1) is 17.5 Å². The van der Waals surface area contributed by atoms with E-state index in [4.69, 9.17) is 11.6 Å². The maximum absolute atomic E-state index is 13.2. The van der Waals surface area contributed by atoms with Gasteiger partial charge in [0.2, 0.25) is 0 Å². The molecule has 0 aliphatic heterocycles. The van der Waals surface area contributed by atoms with Crippen LogP contribution in [0.2, 0.25) is 5.02 Å². The molecule has 1 atom stereocenters. The smallest absolute Gasteiger partial charge is 0.141 e. The molecule has 0 fully saturated rings. The Morgan fingerprint density at radius 1 is 1.05 bits per heavy atom. The molecule has 1 unspecified atom stereocenters. The fourth-order valence-corrected chi connectivity index (χ4v) is 2.27. The van der Waals surface area contributed by atoms with Gasteiger partial charge in [0.25, 0.3) is 0 Å². The first-order valence-corrected chi connectivity index (χ1v) is 6.44. The summed E-state index contributed by atoms with van der Waals surface area (Å²) in [6.07, 6.45) is 0.444. The molecular weight excluding hydrogens is 287 g/mol. The maximum atomic E-state index is 13.2. The van der Waals surface area contributed by atoms with Crippen molar-refractivity contribution in [3.63, 3.8) is 0 Å². The largest absolute Gasteiger partial charge is 0.313 e. The number of rotatable bonds is 4. The van der Waals surface area contributed by atoms with Gasteiger partial charge in [-0.25, -0.2) is 13.2 Å². The predicted octanol–water partition coefficient (Wildman–Crippen LogP) is 4.26. The molecule has 20 heavy (non-hydrogen) atoms. The number of hydrogen-bond donors (Lipinski definition) is 1. The average Bonchev–Trinajstić information content (AvgIpc) is 2.38. The Hall–Kier alpha value is -1.52. The van der Waals surface area contributed by atoms with Gasteiger partial charge in [0.05, 0.1) is 5.02 Å². The molecule has 5 heteroatoms. The second-order valence-electron chi connectivity index (χ2n) is 4.50. The molecule has 0 saturated heterocycles. The topological polar surface area (TPSA) is 12.0 Å². The van der Waals surface area contributed by atoms with E-state index in [1.165, 1.54) is 24.3 Å². The van der Waals surface area contributed by atoms with Crippen molar-refractivity contribution in [3.8, 4) is 0 Å². The van der Waals surface area contributed by atoms with Gasteiger partial charge in [0, 0.05) is 12.1 Å². The van der Waals surface area contributed by atoms with Crippen LogP contribution in [0.5, 0.6) is 0 Å². The van der Waals surface area contributed by atoms with Gasteiger partial charge in [0.1, 0.15) is 17.5 Å². The number of nitrogens with one attached hydrogen (secondary N) is 1. The average molecular weight is 300 g/mol. The summed E-state index contributed by atoms with van der Waals surface area (Å²) in [6, 6.07) is 7.46. The molecule has 0 aliphatic carbocycles. The highest BCUT2D eigenvalue weighted by atomic mass is 35.5. The number of likely N-dealkylation sites (N-methyl/N-ethyl adjacent to an activating group) is 1. The summed E-state index contributed by atoms with van der Waals surface area (Å²) in [5.41, 5.74) is 1.27. The van der Waals surface area contributed by atoms with Crippen molar-refractivity contribution >= 4 is 11.6 Å². The summed E-state index contributed by atoms with van der Waals surface area (Å²) >= 11 is 5.72. The molecule has 0 spiro atoms. The van der Waals surface area contributed by atoms with Crippen LogP contribution in [-0.4, -0.2) is 7.05 Å². The van der Waals surface area contributed by atoms with Crippen LogP contribution in [0.15, 0.2) is 36.4 Å². The van der Waals surface area contributed by atoms with E-state index in [0.717, 1.165) is 11.6 Å². The monoisotopic (exact) mass is 299 g/mol. The zero-order valence-electron chi connectivity index (χ0n) is 10.8. The summed E-state index contributed by atoms with van der Waals surface area (Å²) in [4.78, 5) is 0. The van der Waals surface area contributed by atoms with E-state index in [-0.39, 0.29) is 11.1 Å². The lowest BCUT2D eigenvalue weighted by molar-refractivity contribution is 0.550. The Labute approximate surface area is 120 Å². The Bertz CT molecular complexity index is 596. The van der Waals surface area contributed by atoms with Crippen LogP contribution >= 0.6 is 11.6 Å². The standard InChI is InChI=1S/C15H13ClF3N/c1-20-15(10-6-11(17)8-12(18)7-10)5-9-2-3-14(19)13(16)4-9/h2-4,6-8,15,20H,5H2,1H3. The quantitative estimate of drug-likeness (QED) is 0.889. The molecule has 0 bridgehead atoms. The molecule has 0 radical (unpaired) electrons. The Morgan fingerprint density at radius 3 is 2.25 bits per heavy atom. The van der Waals surface area contributed by atoms with Crippen LogP contribution in [0.25, 0.3) is 0 Å². The third kappa shape index (κ3) is 3.52. The van der Waals surface area contributed by atoms with Crippen LogP contribution in [-0.2, 0) is 6.42 Å². The zero-order chi connectivity index (χ0) is 14.7. The van der Waals surface area contributed by atoms with Crippen molar-refractivity contribution in [1.82, 2.24) is 5.32 Å². The van der Waals surface area contributed by atoms with Gasteiger partial charge in [-0.15, -0.1) is 0 Å². The summed E-state index contributed by atoms with van der Waals surface area (Å²) in [6.45, 7) is 0. The van der Waals surface area contributed by atoms with Gasteiger partial charge in [-0.2, -0.15) is 0 Å². The Balaban J connectivity index is 2.26. The minimum atomic E-state index is -0.627. The van der Waals surface area contributed by atoms with Crippen molar-refractivity contribution in [1.29, 1.82) is 0 Å². The lowest BCUT2D eigenvalue weighted by Gasteiger charge is -2.17. The maximum Gasteiger partial charge on any atom is 0.141 e. The number of halogens is 4. The molecular formula is C15H13ClF3N. The van der Waals surface area contributed by atoms with E-state index in [0.29, 0.717) is 12.0 Å². The van der Waals surface area contributed by atoms with E-state index in [1.54, 1.807) is 13.1 Å². The van der Waals surface area contributed by atoms with E-state index >= 15 is 0 Å². The van der Waals surface area contributed by atoms with Crippen LogP contribution in [0.4, 0.5) is 13.2 Å². The summed E-state index contributed by atoms with van der Waals surface area (Å²) in [5, 5.41) is 3.02. The molecule has 2 aromatic rings. The molecule has 2 aromatic carbocycles. The third-order valence-corrected chi connectivity index (χ3v) is 3.35. The first-order chi connectivity index (χ1) is 9.49. The predicted molar refractivity (Wildman–Crippen MR) is 73.3 cm³/mol. The molecule has 0 aliphatic rings. The fraction of sp³-hybridized carbons (Fsp3) is 0.200. The minimum absolute atomic E-state index is 0.0303. The van der Waals surface area contributed by atoms with Gasteiger partial charge in [0.15, 0.2) is 0 Å². The SMILES string of the molecule is CNC(Cc1ccc(F)c(Cl)c1)c1cc(F)cc(F)c1. The molecule has 0 aromatic heterocycles. The van der Waals surface area contributed by atoms with Crippen molar-refractivity contribution in [3.05, 3.63) is 70.0 Å². The highest BCUT2D eigenvalue weighted by Gasteiger charge is 2.13. The molecule has 0 saturated carbocycles. The summed E-state index contributed by atoms with van der Waals surface area (Å²) < 4.78 is 39.6. The number of hydrogen-bond acceptors (Lipinski definition) is 1. The van der Waals surface area contributed by atoms with E-state index in [2.05, 4.69) is 5.32 Å². The van der Waals surface area contributed by atoms with Gasteiger partial charge in [-0.3, -0.25) is 0 Å². The summed E-state index contributed by atoms with van der Waals surface area (Å²) in [7, 11) is 1.69. The highest BCUT2D eigenvalue weighted by molar-refractivity contribution is 6.30. The van der Waals surface area contributed by atoms with E-state index < -0.39 is 17.5 Å². The van der Waals surface area contributed by atoms with E-state index in [1.807, 2.05) is 0 Å². The Morgan fingerprint density at radius 2 is 1.70 bits per heavy atom. The molecule has 0 amide bonds. The second-order valence-corrected chi connectivity index (χ2v) is 4.90. The van der Waals surface area contributed by atoms with Crippen LogP contribution < -0.4 is 5.32 Å². The fourth-order valence-electron chi connectivity index (χ4n) is 2.07. The third-order valence-electron chi connectivity index (χ3n) is 3.06. The van der Waals surface area contributed by atoms with Gasteiger partial charge in [-0.05, 0) is 48.9 Å². The zero-order valence-corrected chi connectivity index (χ0v) is 11.5. The first-order valence-electron chi connectivity index (χ1n) is 6.07. The molecule has 106 valence electrons. The summed E-state index contributed by atoms with van der Waals surface area (Å²) in [5.74, 6) is -1.75. The molecule has 0 heterocycles. The molecule has 2 rings (SSSR count). The van der Waals surface area contributed by atoms with Crippen LogP contribution in [0.1, 0.15) is 17.2 Å². The van der Waals surface area contributed by atoms with Crippen molar-refractivity contribution in [2.75, 3.05) is 7.05 Å². The van der Waals surface area contributed by atoms with Gasteiger partial charge in [-0.1, -0.05) is 17.7 Å². The van der Waals surface area contributed by atoms with Crippen molar-refractivity contribution in [2.45, 2.75) is 12.5 Å². The second kappa shape index (κ2) is 6.29. The van der Waals surface area contributed by atoms with Gasteiger partial charge < -0.3 is 5.32 Å². The lowest BCUT2D eigenvalue weighted by Crippen LogP contribution is -2.19. The van der Waals surface area contributed by atoms with Crippen molar-refractivity contribution in [2.24, 2.45) is 0 Å². The normalized spacial score (nSPS) is 12.4. The first kappa shape index (κ1) is 14.9. The highest BCUT2D eigenvalue weighted by Crippen LogP contribution is 2.23.